The van der Waals surface area contributed by atoms with Gasteiger partial charge in [0.25, 0.3) is 11.5 Å². The van der Waals surface area contributed by atoms with Crippen LogP contribution in [0.25, 0.3) is 11.0 Å². The quantitative estimate of drug-likeness (QED) is 0.503. The fourth-order valence-corrected chi connectivity index (χ4v) is 2.97. The van der Waals surface area contributed by atoms with Crippen molar-refractivity contribution in [2.45, 2.75) is 6.42 Å². The minimum Gasteiger partial charge on any atom is -0.468 e. The summed E-state index contributed by atoms with van der Waals surface area (Å²) in [5, 5.41) is 5.34. The van der Waals surface area contributed by atoms with E-state index in [0.717, 1.165) is 4.57 Å². The molecule has 2 aromatic heterocycles. The van der Waals surface area contributed by atoms with E-state index in [0.29, 0.717) is 11.3 Å². The Morgan fingerprint density at radius 1 is 1.00 bits per heavy atom. The van der Waals surface area contributed by atoms with Crippen LogP contribution in [0.15, 0.2) is 46.0 Å². The molecule has 0 fully saturated rings. The normalized spacial score (nSPS) is 10.6. The lowest BCUT2D eigenvalue weighted by Gasteiger charge is -2.09. The number of carbonyl (C=O) groups is 3. The maximum absolute atomic E-state index is 12.6. The van der Waals surface area contributed by atoms with E-state index in [2.05, 4.69) is 20.4 Å². The fraction of sp³-hybridized carbons (Fsp3) is 0.238. The Labute approximate surface area is 181 Å². The third-order valence-electron chi connectivity index (χ3n) is 4.77. The Hall–Kier alpha value is -4.28. The highest BCUT2D eigenvalue weighted by Gasteiger charge is 2.14. The third kappa shape index (κ3) is 4.72. The first-order valence-corrected chi connectivity index (χ1v) is 9.52. The van der Waals surface area contributed by atoms with Crippen LogP contribution in [0.4, 0.5) is 5.69 Å². The number of nitrogens with zero attached hydrogens (tertiary/aromatic N) is 3. The number of anilines is 1. The smallest absolute Gasteiger partial charge is 0.332 e. The molecule has 0 spiro atoms. The van der Waals surface area contributed by atoms with Crippen molar-refractivity contribution in [2.75, 3.05) is 19.0 Å². The van der Waals surface area contributed by atoms with Gasteiger partial charge in [0.05, 0.1) is 18.9 Å². The number of aryl methyl sites for hydroxylation is 1. The van der Waals surface area contributed by atoms with Crippen molar-refractivity contribution in [2.24, 2.45) is 14.1 Å². The molecule has 166 valence electrons. The second-order valence-corrected chi connectivity index (χ2v) is 6.95. The molecule has 11 heteroatoms. The number of methoxy groups -OCH3 is 1. The Bertz CT molecular complexity index is 1320. The number of carbonyl (C=O) groups excluding carboxylic acids is 3. The maximum Gasteiger partial charge on any atom is 0.332 e. The Kier molecular flexibility index (Phi) is 6.47. The van der Waals surface area contributed by atoms with Gasteiger partial charge in [0.1, 0.15) is 17.9 Å². The van der Waals surface area contributed by atoms with E-state index in [9.17, 15) is 24.0 Å². The van der Waals surface area contributed by atoms with Gasteiger partial charge in [-0.3, -0.25) is 28.3 Å². The zero-order valence-electron chi connectivity index (χ0n) is 17.7. The van der Waals surface area contributed by atoms with Gasteiger partial charge in [-0.25, -0.2) is 9.78 Å². The van der Waals surface area contributed by atoms with E-state index >= 15 is 0 Å². The van der Waals surface area contributed by atoms with E-state index in [1.165, 1.54) is 37.9 Å². The topological polar surface area (TPSA) is 141 Å². The molecule has 3 rings (SSSR count). The number of amides is 2. The van der Waals surface area contributed by atoms with Gasteiger partial charge in [-0.15, -0.1) is 0 Å². The first-order chi connectivity index (χ1) is 15.2. The van der Waals surface area contributed by atoms with Crippen LogP contribution in [0.3, 0.4) is 0 Å². The predicted octanol–water partition coefficient (Wildman–Crippen LogP) is -0.284. The van der Waals surface area contributed by atoms with Crippen LogP contribution in [-0.2, 0) is 34.8 Å². The number of nitrogens with one attached hydrogen (secondary N) is 2. The molecule has 1 aromatic carbocycles. The van der Waals surface area contributed by atoms with Crippen molar-refractivity contribution in [1.82, 2.24) is 19.4 Å². The number of pyridine rings is 1. The zero-order chi connectivity index (χ0) is 23.4. The lowest BCUT2D eigenvalue weighted by atomic mass is 10.1. The van der Waals surface area contributed by atoms with E-state index in [1.54, 1.807) is 24.3 Å². The third-order valence-corrected chi connectivity index (χ3v) is 4.77. The van der Waals surface area contributed by atoms with Gasteiger partial charge in [-0.05, 0) is 29.8 Å². The molecule has 0 atom stereocenters. The summed E-state index contributed by atoms with van der Waals surface area (Å²) < 4.78 is 6.63. The van der Waals surface area contributed by atoms with E-state index < -0.39 is 23.1 Å². The molecule has 0 aliphatic carbocycles. The van der Waals surface area contributed by atoms with E-state index in [1.807, 2.05) is 0 Å². The van der Waals surface area contributed by atoms with Gasteiger partial charge < -0.3 is 15.4 Å². The average molecular weight is 439 g/mol. The number of hydrogen-bond donors (Lipinski definition) is 2. The minimum absolute atomic E-state index is 0.0343. The molecule has 32 heavy (non-hydrogen) atoms. The number of rotatable bonds is 6. The zero-order valence-corrected chi connectivity index (χ0v) is 17.7. The molecule has 2 N–H and O–H groups in total. The first-order valence-electron chi connectivity index (χ1n) is 9.52. The number of ether oxygens (including phenoxy) is 1. The summed E-state index contributed by atoms with van der Waals surface area (Å²) in [7, 11) is 4.08. The van der Waals surface area contributed by atoms with Crippen molar-refractivity contribution in [3.63, 3.8) is 0 Å². The summed E-state index contributed by atoms with van der Waals surface area (Å²) in [6, 6.07) is 9.42. The number of esters is 1. The minimum atomic E-state index is -0.543. The SMILES string of the molecule is COC(=O)CNC(=O)Cc1ccc(NC(=O)c2ccc3c(=O)n(C)c(=O)n(C)c3n2)cc1. The fourth-order valence-electron chi connectivity index (χ4n) is 2.97. The van der Waals surface area contributed by atoms with Gasteiger partial charge in [-0.1, -0.05) is 12.1 Å². The summed E-state index contributed by atoms with van der Waals surface area (Å²) in [5.41, 5.74) is 0.257. The highest BCUT2D eigenvalue weighted by molar-refractivity contribution is 6.03. The second kappa shape index (κ2) is 9.25. The molecule has 0 saturated heterocycles. The molecule has 0 unspecified atom stereocenters. The van der Waals surface area contributed by atoms with Crippen LogP contribution in [0.5, 0.6) is 0 Å². The molecule has 11 nitrogen and oxygen atoms in total. The van der Waals surface area contributed by atoms with Crippen LogP contribution in [0.2, 0.25) is 0 Å². The molecule has 0 radical (unpaired) electrons. The van der Waals surface area contributed by atoms with Crippen LogP contribution in [0.1, 0.15) is 16.1 Å². The van der Waals surface area contributed by atoms with Crippen molar-refractivity contribution in [1.29, 1.82) is 0 Å². The van der Waals surface area contributed by atoms with Gasteiger partial charge in [0.2, 0.25) is 5.91 Å². The highest BCUT2D eigenvalue weighted by atomic mass is 16.5. The Balaban J connectivity index is 1.71. The summed E-state index contributed by atoms with van der Waals surface area (Å²) in [6.45, 7) is -0.208. The monoisotopic (exact) mass is 439 g/mol. The largest absolute Gasteiger partial charge is 0.468 e. The predicted molar refractivity (Wildman–Crippen MR) is 115 cm³/mol. The molecular formula is C21H21N5O6. The summed E-state index contributed by atoms with van der Waals surface area (Å²) >= 11 is 0. The molecule has 3 aromatic rings. The van der Waals surface area contributed by atoms with Crippen LogP contribution in [0, 0.1) is 0 Å². The number of hydrogen-bond acceptors (Lipinski definition) is 7. The second-order valence-electron chi connectivity index (χ2n) is 6.95. The number of benzene rings is 1. The van der Waals surface area contributed by atoms with E-state index in [4.69, 9.17) is 0 Å². The molecule has 2 amide bonds. The molecule has 2 heterocycles. The van der Waals surface area contributed by atoms with Gasteiger partial charge in [0, 0.05) is 19.8 Å². The highest BCUT2D eigenvalue weighted by Crippen LogP contribution is 2.13. The standard InChI is InChI=1S/C21H21N5O6/c1-25-18-14(20(30)26(2)21(25)31)8-9-15(24-18)19(29)23-13-6-4-12(5-7-13)10-16(27)22-11-17(28)32-3/h4-9H,10-11H2,1-3H3,(H,22,27)(H,23,29). The molecular weight excluding hydrogens is 418 g/mol. The van der Waals surface area contributed by atoms with Crippen molar-refractivity contribution in [3.05, 3.63) is 68.5 Å². The molecule has 0 saturated carbocycles. The van der Waals surface area contributed by atoms with Crippen molar-refractivity contribution < 1.29 is 19.1 Å². The maximum atomic E-state index is 12.6. The van der Waals surface area contributed by atoms with Crippen LogP contribution in [-0.4, -0.2) is 45.6 Å². The summed E-state index contributed by atoms with van der Waals surface area (Å²) in [6.07, 6.45) is 0.0560. The number of aromatic nitrogens is 3. The van der Waals surface area contributed by atoms with Gasteiger partial charge >= 0.3 is 11.7 Å². The average Bonchev–Trinajstić information content (AvgIpc) is 2.80. The van der Waals surface area contributed by atoms with Gasteiger partial charge in [-0.2, -0.15) is 0 Å². The Morgan fingerprint density at radius 3 is 2.34 bits per heavy atom. The Morgan fingerprint density at radius 2 is 1.69 bits per heavy atom. The number of fused-ring (bicyclic) bond motifs is 1. The lowest BCUT2D eigenvalue weighted by molar-refractivity contribution is -0.141. The van der Waals surface area contributed by atoms with Gasteiger partial charge in [0.15, 0.2) is 0 Å². The van der Waals surface area contributed by atoms with Crippen LogP contribution < -0.4 is 21.9 Å². The van der Waals surface area contributed by atoms with Crippen molar-refractivity contribution >= 4 is 34.5 Å². The summed E-state index contributed by atoms with van der Waals surface area (Å²) in [5.74, 6) is -1.41. The molecule has 0 bridgehead atoms. The summed E-state index contributed by atoms with van der Waals surface area (Å²) in [4.78, 5) is 64.0. The van der Waals surface area contributed by atoms with Crippen molar-refractivity contribution in [3.8, 4) is 0 Å². The molecule has 0 aliphatic heterocycles. The van der Waals surface area contributed by atoms with E-state index in [-0.39, 0.29) is 35.6 Å². The lowest BCUT2D eigenvalue weighted by Crippen LogP contribution is -2.37. The van der Waals surface area contributed by atoms with Crippen LogP contribution >= 0.6 is 0 Å². The first kappa shape index (κ1) is 22.4. The molecule has 0 aliphatic rings.